The minimum absolute atomic E-state index is 0.114. The van der Waals surface area contributed by atoms with Crippen molar-refractivity contribution < 1.29 is 62.0 Å². The zero-order valence-electron chi connectivity index (χ0n) is 23.7. The van der Waals surface area contributed by atoms with Crippen molar-refractivity contribution in [2.75, 3.05) is 25.6 Å². The van der Waals surface area contributed by atoms with Crippen molar-refractivity contribution in [1.29, 1.82) is 0 Å². The summed E-state index contributed by atoms with van der Waals surface area (Å²) in [5.74, 6) is -0.114. The number of anilines is 1. The van der Waals surface area contributed by atoms with Crippen LogP contribution in [0, 0.1) is 0 Å². The van der Waals surface area contributed by atoms with Gasteiger partial charge in [0.25, 0.3) is 0 Å². The summed E-state index contributed by atoms with van der Waals surface area (Å²) in [6, 6.07) is 1.27. The SMILES string of the molecule is Nc1ccn([C@@H]2OC(COP(=O)(O)O)[C@@H](P(=O)(O)OC[C@H]3O[C@@H](n4cnc5cncnc54)C(O)C3O)[C@H]2OC2CCCO2)c(=O)n1. The van der Waals surface area contributed by atoms with Gasteiger partial charge in [-0.05, 0) is 12.5 Å². The molecule has 0 amide bonds. The van der Waals surface area contributed by atoms with Gasteiger partial charge in [0.05, 0.1) is 25.7 Å². The number of hydrogen-bond donors (Lipinski definition) is 6. The van der Waals surface area contributed by atoms with Crippen LogP contribution in [0.2, 0.25) is 0 Å². The molecule has 0 aliphatic carbocycles. The van der Waals surface area contributed by atoms with Gasteiger partial charge in [-0.1, -0.05) is 0 Å². The Morgan fingerprint density at radius 1 is 1.02 bits per heavy atom. The van der Waals surface area contributed by atoms with E-state index in [0.29, 0.717) is 30.6 Å². The van der Waals surface area contributed by atoms with Crippen LogP contribution >= 0.6 is 15.4 Å². The van der Waals surface area contributed by atoms with Crippen molar-refractivity contribution in [3.63, 3.8) is 0 Å². The van der Waals surface area contributed by atoms with E-state index < -0.39 is 89.2 Å². The number of nitrogen functional groups attached to an aromatic ring is 1. The number of hydrogen-bond acceptors (Lipinski definition) is 16. The smallest absolute Gasteiger partial charge is 0.387 e. The van der Waals surface area contributed by atoms with E-state index in [2.05, 4.69) is 24.5 Å². The van der Waals surface area contributed by atoms with E-state index in [4.69, 9.17) is 29.2 Å². The summed E-state index contributed by atoms with van der Waals surface area (Å²) in [7, 11) is -10.1. The van der Waals surface area contributed by atoms with Gasteiger partial charge in [0.2, 0.25) is 0 Å². The van der Waals surface area contributed by atoms with Crippen LogP contribution in [0.5, 0.6) is 0 Å². The van der Waals surface area contributed by atoms with Crippen molar-refractivity contribution in [2.24, 2.45) is 0 Å². The van der Waals surface area contributed by atoms with Crippen LogP contribution in [0.4, 0.5) is 5.82 Å². The van der Waals surface area contributed by atoms with Crippen LogP contribution < -0.4 is 11.4 Å². The molecule has 5 unspecified atom stereocenters. The molecule has 10 atom stereocenters. The number of aliphatic hydroxyl groups is 2. The Kier molecular flexibility index (Phi) is 9.40. The molecule has 3 aromatic rings. The number of fused-ring (bicyclic) bond motifs is 1. The monoisotopic (exact) mass is 691 g/mol. The number of nitrogens with two attached hydrogens (primary N) is 1. The molecule has 0 radical (unpaired) electrons. The van der Waals surface area contributed by atoms with Crippen LogP contribution in [0.3, 0.4) is 0 Å². The minimum atomic E-state index is -5.10. The number of phosphoric ester groups is 1. The average Bonchev–Trinajstić information content (AvgIpc) is 3.79. The number of aliphatic hydroxyl groups excluding tert-OH is 2. The lowest BCUT2D eigenvalue weighted by Crippen LogP contribution is -2.41. The van der Waals surface area contributed by atoms with Gasteiger partial charge in [-0.25, -0.2) is 24.3 Å². The highest BCUT2D eigenvalue weighted by atomic mass is 31.2. The maximum atomic E-state index is 14.0. The summed E-state index contributed by atoms with van der Waals surface area (Å²) in [4.78, 5) is 58.6. The zero-order valence-corrected chi connectivity index (χ0v) is 25.5. The lowest BCUT2D eigenvalue weighted by Gasteiger charge is -2.30. The first-order chi connectivity index (χ1) is 21.8. The Bertz CT molecular complexity index is 1700. The Hall–Kier alpha value is -2.75. The summed E-state index contributed by atoms with van der Waals surface area (Å²) in [6.45, 7) is -1.33. The van der Waals surface area contributed by atoms with Gasteiger partial charge in [-0.15, -0.1) is 0 Å². The molecule has 0 bridgehead atoms. The van der Waals surface area contributed by atoms with E-state index in [-0.39, 0.29) is 5.82 Å². The summed E-state index contributed by atoms with van der Waals surface area (Å²) in [5, 5.41) is 21.5. The predicted octanol–water partition coefficient (Wildman–Crippen LogP) is -1.62. The minimum Gasteiger partial charge on any atom is -0.387 e. The van der Waals surface area contributed by atoms with E-state index in [1.807, 2.05) is 0 Å². The van der Waals surface area contributed by atoms with E-state index in [1.54, 1.807) is 0 Å². The van der Waals surface area contributed by atoms with Gasteiger partial charge in [-0.2, -0.15) is 4.98 Å². The predicted molar refractivity (Wildman–Crippen MR) is 149 cm³/mol. The van der Waals surface area contributed by atoms with Crippen LogP contribution in [0.15, 0.2) is 35.9 Å². The molecule has 0 saturated carbocycles. The molecule has 7 N–H and O–H groups in total. The Labute approximate surface area is 258 Å². The van der Waals surface area contributed by atoms with Crippen molar-refractivity contribution in [1.82, 2.24) is 29.1 Å². The molecular formula is C23H31N7O14P2. The van der Waals surface area contributed by atoms with E-state index in [0.717, 1.165) is 4.57 Å². The Morgan fingerprint density at radius 2 is 1.78 bits per heavy atom. The average molecular weight is 691 g/mol. The van der Waals surface area contributed by atoms with Gasteiger partial charge in [-0.3, -0.25) is 18.2 Å². The number of aromatic nitrogens is 6. The van der Waals surface area contributed by atoms with Crippen molar-refractivity contribution in [2.45, 2.75) is 67.8 Å². The molecular weight excluding hydrogens is 660 g/mol. The molecule has 23 heteroatoms. The largest absolute Gasteiger partial charge is 0.469 e. The zero-order chi connectivity index (χ0) is 32.8. The van der Waals surface area contributed by atoms with Crippen molar-refractivity contribution in [3.05, 3.63) is 41.6 Å². The molecule has 0 spiro atoms. The molecule has 3 saturated heterocycles. The molecule has 3 aromatic heterocycles. The Morgan fingerprint density at radius 3 is 2.50 bits per heavy atom. The lowest BCUT2D eigenvalue weighted by molar-refractivity contribution is -0.170. The van der Waals surface area contributed by atoms with E-state index in [1.165, 1.54) is 35.7 Å². The second-order valence-corrected chi connectivity index (χ2v) is 13.9. The van der Waals surface area contributed by atoms with E-state index in [9.17, 15) is 38.8 Å². The van der Waals surface area contributed by atoms with Gasteiger partial charge >= 0.3 is 21.1 Å². The third kappa shape index (κ3) is 6.78. The first-order valence-corrected chi connectivity index (χ1v) is 17.1. The van der Waals surface area contributed by atoms with Crippen LogP contribution in [0.25, 0.3) is 11.2 Å². The third-order valence-corrected chi connectivity index (χ3v) is 10.1. The first-order valence-electron chi connectivity index (χ1n) is 13.9. The molecule has 0 aromatic carbocycles. The normalized spacial score (nSPS) is 33.1. The molecule has 6 rings (SSSR count). The lowest BCUT2D eigenvalue weighted by atomic mass is 10.1. The Balaban J connectivity index is 1.27. The standard InChI is InChI=1S/C23H31N7O14P2/c24-14-3-4-29(23(33)28-14)22-18(44-15-2-1-5-39-15)19(13(43-22)8-41-46(36,37)38)45(34,35)40-7-12-16(31)17(32)21(42-12)30-10-27-11-6-25-9-26-20(11)30/h3-4,6,9-10,12-13,15-19,21-22,31-32H,1-2,5,7-8H2,(H,34,35)(H2,24,28,33)(H2,36,37,38)/t12-,13?,15?,16?,17?,18-,19-,21-,22-/m1/s1. The van der Waals surface area contributed by atoms with Crippen molar-refractivity contribution >= 4 is 32.4 Å². The first kappa shape index (κ1) is 33.2. The van der Waals surface area contributed by atoms with Gasteiger partial charge in [0, 0.05) is 19.2 Å². The van der Waals surface area contributed by atoms with Crippen molar-refractivity contribution in [3.8, 4) is 0 Å². The fourth-order valence-electron chi connectivity index (χ4n) is 5.58. The molecule has 3 aliphatic rings. The fourth-order valence-corrected chi connectivity index (χ4v) is 7.62. The van der Waals surface area contributed by atoms with Crippen LogP contribution in [-0.4, -0.2) is 116 Å². The summed E-state index contributed by atoms with van der Waals surface area (Å²) >= 11 is 0. The second-order valence-electron chi connectivity index (χ2n) is 10.7. The number of ether oxygens (including phenoxy) is 4. The van der Waals surface area contributed by atoms with E-state index >= 15 is 0 Å². The fraction of sp³-hybridized carbons (Fsp3) is 0.609. The highest BCUT2D eigenvalue weighted by molar-refractivity contribution is 7.53. The molecule has 46 heavy (non-hydrogen) atoms. The molecule has 252 valence electrons. The summed E-state index contributed by atoms with van der Waals surface area (Å²) in [5.41, 5.74) is 3.66. The third-order valence-electron chi connectivity index (χ3n) is 7.69. The van der Waals surface area contributed by atoms with Gasteiger partial charge in [0.1, 0.15) is 53.8 Å². The molecule has 3 aliphatic heterocycles. The number of phosphoric acid groups is 1. The second kappa shape index (κ2) is 13.0. The summed E-state index contributed by atoms with van der Waals surface area (Å²) < 4.78 is 61.2. The molecule has 21 nitrogen and oxygen atoms in total. The topological polar surface area (TPSA) is 295 Å². The van der Waals surface area contributed by atoms with Gasteiger partial charge in [0.15, 0.2) is 24.4 Å². The number of nitrogens with zero attached hydrogens (tertiary/aromatic N) is 6. The summed E-state index contributed by atoms with van der Waals surface area (Å²) in [6.07, 6.45) is -4.88. The molecule has 6 heterocycles. The highest BCUT2D eigenvalue weighted by Crippen LogP contribution is 2.57. The maximum absolute atomic E-state index is 14.0. The maximum Gasteiger partial charge on any atom is 0.469 e. The number of rotatable bonds is 11. The van der Waals surface area contributed by atoms with Crippen LogP contribution in [0.1, 0.15) is 25.3 Å². The highest BCUT2D eigenvalue weighted by Gasteiger charge is 2.58. The number of imidazole rings is 1. The quantitative estimate of drug-likeness (QED) is 0.123. The van der Waals surface area contributed by atoms with Crippen LogP contribution in [-0.2, 0) is 37.1 Å². The molecule has 3 fully saturated rings. The van der Waals surface area contributed by atoms with Gasteiger partial charge < -0.3 is 54.1 Å².